The molecule has 0 aliphatic carbocycles. The number of nitrogens with zero attached hydrogens (tertiary/aromatic N) is 3. The normalized spacial score (nSPS) is 13.2. The molecule has 0 radical (unpaired) electrons. The first kappa shape index (κ1) is 16.1. The molecule has 0 fully saturated rings. The summed E-state index contributed by atoms with van der Waals surface area (Å²) in [5.74, 6) is -0.780. The highest BCUT2D eigenvalue weighted by Gasteiger charge is 2.25. The molecule has 2 aromatic heterocycles. The van der Waals surface area contributed by atoms with Crippen LogP contribution in [0.15, 0.2) is 23.7 Å². The largest absolute Gasteiger partial charge is 0.475 e. The molecule has 0 saturated carbocycles. The van der Waals surface area contributed by atoms with Gasteiger partial charge in [0, 0.05) is 28.9 Å². The van der Waals surface area contributed by atoms with Crippen LogP contribution in [0.2, 0.25) is 0 Å². The number of Topliss-reactive ketones (excluding diaryl/α,β-unsaturated/α-hetero) is 1. The SMILES string of the molecule is CC[C@H](C)Oc1cc(C(=O)[C@@H](C#N)c2nc(C)cs2)ccn1. The summed E-state index contributed by atoms with van der Waals surface area (Å²) in [5.41, 5.74) is 1.22. The van der Waals surface area contributed by atoms with E-state index in [4.69, 9.17) is 4.74 Å². The maximum absolute atomic E-state index is 12.6. The lowest BCUT2D eigenvalue weighted by molar-refractivity contribution is 0.0977. The average molecular weight is 315 g/mol. The van der Waals surface area contributed by atoms with Crippen molar-refractivity contribution in [2.75, 3.05) is 0 Å². The minimum absolute atomic E-state index is 0.0197. The van der Waals surface area contributed by atoms with Crippen LogP contribution in [0.3, 0.4) is 0 Å². The van der Waals surface area contributed by atoms with Crippen molar-refractivity contribution in [1.82, 2.24) is 9.97 Å². The lowest BCUT2D eigenvalue weighted by Crippen LogP contribution is -2.14. The maximum atomic E-state index is 12.6. The van der Waals surface area contributed by atoms with Crippen LogP contribution in [0, 0.1) is 18.3 Å². The van der Waals surface area contributed by atoms with E-state index in [0.717, 1.165) is 12.1 Å². The summed E-state index contributed by atoms with van der Waals surface area (Å²) in [6.07, 6.45) is 2.39. The summed E-state index contributed by atoms with van der Waals surface area (Å²) >= 11 is 1.32. The van der Waals surface area contributed by atoms with E-state index in [0.29, 0.717) is 16.5 Å². The summed E-state index contributed by atoms with van der Waals surface area (Å²) in [6.45, 7) is 5.78. The number of hydrogen-bond donors (Lipinski definition) is 0. The number of ether oxygens (including phenoxy) is 1. The van der Waals surface area contributed by atoms with Crippen molar-refractivity contribution >= 4 is 17.1 Å². The molecular weight excluding hydrogens is 298 g/mol. The summed E-state index contributed by atoms with van der Waals surface area (Å²) < 4.78 is 5.62. The molecule has 0 spiro atoms. The Morgan fingerprint density at radius 2 is 2.32 bits per heavy atom. The van der Waals surface area contributed by atoms with Crippen molar-refractivity contribution in [1.29, 1.82) is 5.26 Å². The Balaban J connectivity index is 2.25. The van der Waals surface area contributed by atoms with Gasteiger partial charge in [0.1, 0.15) is 5.01 Å². The van der Waals surface area contributed by atoms with Crippen molar-refractivity contribution in [3.8, 4) is 11.9 Å². The molecule has 0 N–H and O–H groups in total. The molecule has 22 heavy (non-hydrogen) atoms. The molecular formula is C16H17N3O2S. The molecule has 2 rings (SSSR count). The third-order valence-corrected chi connectivity index (χ3v) is 4.22. The number of carbonyl (C=O) groups is 1. The quantitative estimate of drug-likeness (QED) is 0.762. The van der Waals surface area contributed by atoms with E-state index in [1.54, 1.807) is 12.1 Å². The van der Waals surface area contributed by atoms with Gasteiger partial charge in [-0.15, -0.1) is 11.3 Å². The fourth-order valence-corrected chi connectivity index (χ4v) is 2.65. The van der Waals surface area contributed by atoms with Crippen molar-refractivity contribution in [3.63, 3.8) is 0 Å². The van der Waals surface area contributed by atoms with Gasteiger partial charge in [0.05, 0.1) is 12.2 Å². The van der Waals surface area contributed by atoms with Crippen molar-refractivity contribution in [2.24, 2.45) is 0 Å². The first-order valence-corrected chi connectivity index (χ1v) is 7.91. The number of carbonyl (C=O) groups excluding carboxylic acids is 1. The fourth-order valence-electron chi connectivity index (χ4n) is 1.81. The highest BCUT2D eigenvalue weighted by Crippen LogP contribution is 2.25. The number of pyridine rings is 1. The van der Waals surface area contributed by atoms with Gasteiger partial charge < -0.3 is 4.74 Å². The van der Waals surface area contributed by atoms with Gasteiger partial charge >= 0.3 is 0 Å². The standard InChI is InChI=1S/C16H17N3O2S/c1-4-11(3)21-14-7-12(5-6-18-14)15(20)13(8-17)16-19-10(2)9-22-16/h5-7,9,11,13H,4H2,1-3H3/t11-,13+/m0/s1. The van der Waals surface area contributed by atoms with Crippen LogP contribution in [0.4, 0.5) is 0 Å². The molecule has 0 aromatic carbocycles. The zero-order chi connectivity index (χ0) is 16.1. The number of aryl methyl sites for hydroxylation is 1. The Bertz CT molecular complexity index is 705. The molecule has 5 nitrogen and oxygen atoms in total. The van der Waals surface area contributed by atoms with E-state index < -0.39 is 5.92 Å². The third kappa shape index (κ3) is 3.68. The molecule has 6 heteroatoms. The molecule has 0 amide bonds. The second-order valence-electron chi connectivity index (χ2n) is 4.97. The van der Waals surface area contributed by atoms with E-state index >= 15 is 0 Å². The van der Waals surface area contributed by atoms with Crippen LogP contribution in [-0.2, 0) is 0 Å². The monoisotopic (exact) mass is 315 g/mol. The summed E-state index contributed by atoms with van der Waals surface area (Å²) in [5, 5.41) is 11.7. The molecule has 0 unspecified atom stereocenters. The Kier molecular flexibility index (Phi) is 5.23. The second kappa shape index (κ2) is 7.14. The van der Waals surface area contributed by atoms with Crippen molar-refractivity contribution in [3.05, 3.63) is 40.0 Å². The molecule has 2 aromatic rings. The summed E-state index contributed by atoms with van der Waals surface area (Å²) in [4.78, 5) is 20.9. The van der Waals surface area contributed by atoms with Gasteiger partial charge in [-0.25, -0.2) is 9.97 Å². The van der Waals surface area contributed by atoms with E-state index in [9.17, 15) is 10.1 Å². The van der Waals surface area contributed by atoms with Crippen LogP contribution in [0.25, 0.3) is 0 Å². The maximum Gasteiger partial charge on any atom is 0.214 e. The minimum atomic E-state index is -0.891. The Labute approximate surface area is 133 Å². The fraction of sp³-hybridized carbons (Fsp3) is 0.375. The van der Waals surface area contributed by atoms with Crippen LogP contribution >= 0.6 is 11.3 Å². The molecule has 114 valence electrons. The van der Waals surface area contributed by atoms with Gasteiger partial charge in [0.2, 0.25) is 5.88 Å². The van der Waals surface area contributed by atoms with E-state index in [-0.39, 0.29) is 11.9 Å². The zero-order valence-electron chi connectivity index (χ0n) is 12.7. The van der Waals surface area contributed by atoms with Crippen molar-refractivity contribution < 1.29 is 9.53 Å². The van der Waals surface area contributed by atoms with Crippen LogP contribution in [0.1, 0.15) is 47.2 Å². The lowest BCUT2D eigenvalue weighted by atomic mass is 10.0. The number of nitriles is 1. The predicted molar refractivity (Wildman–Crippen MR) is 84.2 cm³/mol. The van der Waals surface area contributed by atoms with Gasteiger partial charge in [-0.1, -0.05) is 6.92 Å². The third-order valence-electron chi connectivity index (χ3n) is 3.19. The van der Waals surface area contributed by atoms with E-state index in [1.807, 2.05) is 32.2 Å². The number of ketones is 1. The first-order chi connectivity index (χ1) is 10.5. The number of hydrogen-bond acceptors (Lipinski definition) is 6. The zero-order valence-corrected chi connectivity index (χ0v) is 13.6. The topological polar surface area (TPSA) is 75.9 Å². The van der Waals surface area contributed by atoms with Crippen LogP contribution < -0.4 is 4.74 Å². The smallest absolute Gasteiger partial charge is 0.214 e. The van der Waals surface area contributed by atoms with Gasteiger partial charge in [0.15, 0.2) is 11.7 Å². The molecule has 0 saturated heterocycles. The average Bonchev–Trinajstić information content (AvgIpc) is 2.94. The van der Waals surface area contributed by atoms with E-state index in [1.165, 1.54) is 17.5 Å². The molecule has 2 heterocycles. The van der Waals surface area contributed by atoms with Crippen LogP contribution in [-0.4, -0.2) is 21.9 Å². The number of thiazole rings is 1. The van der Waals surface area contributed by atoms with Gasteiger partial charge in [-0.05, 0) is 26.3 Å². The Hall–Kier alpha value is -2.26. The second-order valence-corrected chi connectivity index (χ2v) is 5.86. The predicted octanol–water partition coefficient (Wildman–Crippen LogP) is 3.51. The number of aromatic nitrogens is 2. The van der Waals surface area contributed by atoms with Gasteiger partial charge in [-0.2, -0.15) is 5.26 Å². The highest BCUT2D eigenvalue weighted by molar-refractivity contribution is 7.10. The Morgan fingerprint density at radius 1 is 1.55 bits per heavy atom. The minimum Gasteiger partial charge on any atom is -0.475 e. The highest BCUT2D eigenvalue weighted by atomic mass is 32.1. The van der Waals surface area contributed by atoms with Gasteiger partial charge in [-0.3, -0.25) is 4.79 Å². The van der Waals surface area contributed by atoms with E-state index in [2.05, 4.69) is 9.97 Å². The number of rotatable bonds is 6. The first-order valence-electron chi connectivity index (χ1n) is 7.03. The molecule has 0 aliphatic rings. The van der Waals surface area contributed by atoms with Crippen LogP contribution in [0.5, 0.6) is 5.88 Å². The Morgan fingerprint density at radius 3 is 2.91 bits per heavy atom. The summed E-state index contributed by atoms with van der Waals surface area (Å²) in [6, 6.07) is 5.21. The lowest BCUT2D eigenvalue weighted by Gasteiger charge is -2.12. The van der Waals surface area contributed by atoms with Gasteiger partial charge in [0.25, 0.3) is 0 Å². The molecule has 0 aliphatic heterocycles. The molecule has 2 atom stereocenters. The van der Waals surface area contributed by atoms with Crippen molar-refractivity contribution in [2.45, 2.75) is 39.2 Å². The molecule has 0 bridgehead atoms. The summed E-state index contributed by atoms with van der Waals surface area (Å²) in [7, 11) is 0.